The average molecular weight is 281 g/mol. The predicted molar refractivity (Wildman–Crippen MR) is 88.2 cm³/mol. The van der Waals surface area contributed by atoms with Crippen molar-refractivity contribution < 1.29 is 0 Å². The summed E-state index contributed by atoms with van der Waals surface area (Å²) in [5, 5.41) is 3.80. The highest BCUT2D eigenvalue weighted by Gasteiger charge is 2.37. The van der Waals surface area contributed by atoms with Crippen LogP contribution in [0.1, 0.15) is 79.1 Å². The maximum atomic E-state index is 3.80. The molecule has 1 unspecified atom stereocenters. The van der Waals surface area contributed by atoms with Gasteiger partial charge in [0.2, 0.25) is 0 Å². The van der Waals surface area contributed by atoms with Gasteiger partial charge in [-0.15, -0.1) is 0 Å². The minimum Gasteiger partial charge on any atom is -0.311 e. The third-order valence-corrected chi connectivity index (χ3v) is 5.42. The summed E-state index contributed by atoms with van der Waals surface area (Å²) >= 11 is 0. The van der Waals surface area contributed by atoms with Crippen LogP contribution in [0.25, 0.3) is 0 Å². The average Bonchev–Trinajstić information content (AvgIpc) is 2.86. The van der Waals surface area contributed by atoms with Gasteiger partial charge >= 0.3 is 0 Å². The van der Waals surface area contributed by atoms with E-state index in [-0.39, 0.29) is 5.54 Å². The van der Waals surface area contributed by atoms with Crippen LogP contribution in [0.5, 0.6) is 0 Å². The number of piperidine rings is 1. The number of hydrogen-bond donors (Lipinski definition) is 1. The second-order valence-corrected chi connectivity index (χ2v) is 8.34. The lowest BCUT2D eigenvalue weighted by atomic mass is 9.83. The molecule has 20 heavy (non-hydrogen) atoms. The molecule has 0 aromatic heterocycles. The van der Waals surface area contributed by atoms with Crippen molar-refractivity contribution >= 4 is 0 Å². The minimum absolute atomic E-state index is 0.252. The van der Waals surface area contributed by atoms with Crippen molar-refractivity contribution in [2.24, 2.45) is 5.41 Å². The Bertz CT molecular complexity index is 286. The van der Waals surface area contributed by atoms with E-state index in [0.717, 1.165) is 6.04 Å². The van der Waals surface area contributed by atoms with Gasteiger partial charge in [0.15, 0.2) is 0 Å². The molecule has 1 atom stereocenters. The van der Waals surface area contributed by atoms with Crippen molar-refractivity contribution in [2.45, 2.75) is 90.6 Å². The number of hydrogen-bond acceptors (Lipinski definition) is 2. The SMILES string of the molecule is CCC1CCCCN1CC1(CNC(C)(C)C)CCCC1. The highest BCUT2D eigenvalue weighted by atomic mass is 15.2. The lowest BCUT2D eigenvalue weighted by Gasteiger charge is -2.43. The zero-order valence-electron chi connectivity index (χ0n) is 14.3. The van der Waals surface area contributed by atoms with E-state index in [2.05, 4.69) is 37.9 Å². The molecule has 0 amide bonds. The lowest BCUT2D eigenvalue weighted by molar-refractivity contribution is 0.0753. The maximum absolute atomic E-state index is 3.80. The van der Waals surface area contributed by atoms with E-state index in [1.54, 1.807) is 0 Å². The van der Waals surface area contributed by atoms with Gasteiger partial charge in [-0.3, -0.25) is 4.90 Å². The van der Waals surface area contributed by atoms with Gasteiger partial charge in [0.1, 0.15) is 0 Å². The van der Waals surface area contributed by atoms with Gasteiger partial charge in [-0.2, -0.15) is 0 Å². The molecule has 2 fully saturated rings. The molecule has 0 radical (unpaired) electrons. The van der Waals surface area contributed by atoms with Crippen LogP contribution in [0.2, 0.25) is 0 Å². The molecule has 2 heteroatoms. The summed E-state index contributed by atoms with van der Waals surface area (Å²) in [6.07, 6.45) is 11.4. The maximum Gasteiger partial charge on any atom is 0.00967 e. The topological polar surface area (TPSA) is 15.3 Å². The van der Waals surface area contributed by atoms with E-state index in [4.69, 9.17) is 0 Å². The van der Waals surface area contributed by atoms with Gasteiger partial charge in [-0.1, -0.05) is 26.2 Å². The monoisotopic (exact) mass is 280 g/mol. The van der Waals surface area contributed by atoms with Crippen molar-refractivity contribution in [1.82, 2.24) is 10.2 Å². The third kappa shape index (κ3) is 4.46. The van der Waals surface area contributed by atoms with Crippen molar-refractivity contribution in [1.29, 1.82) is 0 Å². The van der Waals surface area contributed by atoms with Gasteiger partial charge in [0.25, 0.3) is 0 Å². The molecule has 2 aliphatic rings. The molecule has 1 saturated heterocycles. The van der Waals surface area contributed by atoms with E-state index in [9.17, 15) is 0 Å². The fourth-order valence-corrected chi connectivity index (χ4v) is 4.13. The fraction of sp³-hybridized carbons (Fsp3) is 1.00. The van der Waals surface area contributed by atoms with Gasteiger partial charge in [-0.25, -0.2) is 0 Å². The molecule has 1 aliphatic heterocycles. The van der Waals surface area contributed by atoms with Crippen LogP contribution >= 0.6 is 0 Å². The molecule has 1 aliphatic carbocycles. The quantitative estimate of drug-likeness (QED) is 0.812. The number of nitrogens with zero attached hydrogens (tertiary/aromatic N) is 1. The summed E-state index contributed by atoms with van der Waals surface area (Å²) < 4.78 is 0. The van der Waals surface area contributed by atoms with Crippen LogP contribution in [-0.4, -0.2) is 36.1 Å². The van der Waals surface area contributed by atoms with E-state index in [0.29, 0.717) is 5.41 Å². The Morgan fingerprint density at radius 2 is 1.80 bits per heavy atom. The Balaban J connectivity index is 1.97. The molecule has 118 valence electrons. The first-order chi connectivity index (χ1) is 9.44. The molecule has 2 rings (SSSR count). The van der Waals surface area contributed by atoms with Crippen LogP contribution in [0.15, 0.2) is 0 Å². The molecular formula is C18H36N2. The lowest BCUT2D eigenvalue weighted by Crippen LogP contribution is -2.51. The van der Waals surface area contributed by atoms with Crippen LogP contribution in [-0.2, 0) is 0 Å². The van der Waals surface area contributed by atoms with Crippen LogP contribution in [0.4, 0.5) is 0 Å². The van der Waals surface area contributed by atoms with Crippen LogP contribution in [0.3, 0.4) is 0 Å². The zero-order valence-corrected chi connectivity index (χ0v) is 14.3. The molecule has 1 saturated carbocycles. The van der Waals surface area contributed by atoms with E-state index in [1.807, 2.05) is 0 Å². The summed E-state index contributed by atoms with van der Waals surface area (Å²) in [5.41, 5.74) is 0.805. The van der Waals surface area contributed by atoms with Gasteiger partial charge in [0, 0.05) is 24.7 Å². The summed E-state index contributed by atoms with van der Waals surface area (Å²) in [6.45, 7) is 13.2. The highest BCUT2D eigenvalue weighted by Crippen LogP contribution is 2.40. The minimum atomic E-state index is 0.252. The molecule has 0 bridgehead atoms. The Morgan fingerprint density at radius 1 is 1.10 bits per heavy atom. The first-order valence-electron chi connectivity index (χ1n) is 8.93. The molecule has 0 aromatic carbocycles. The molecule has 0 aromatic rings. The number of likely N-dealkylation sites (tertiary alicyclic amines) is 1. The van der Waals surface area contributed by atoms with Crippen molar-refractivity contribution in [3.8, 4) is 0 Å². The van der Waals surface area contributed by atoms with Crippen molar-refractivity contribution in [3.63, 3.8) is 0 Å². The van der Waals surface area contributed by atoms with Crippen LogP contribution < -0.4 is 5.32 Å². The Hall–Kier alpha value is -0.0800. The molecule has 0 spiro atoms. The molecular weight excluding hydrogens is 244 g/mol. The second-order valence-electron chi connectivity index (χ2n) is 8.34. The fourth-order valence-electron chi connectivity index (χ4n) is 4.13. The van der Waals surface area contributed by atoms with Gasteiger partial charge < -0.3 is 5.32 Å². The Kier molecular flexibility index (Phi) is 5.53. The molecule has 1 N–H and O–H groups in total. The van der Waals surface area contributed by atoms with E-state index in [1.165, 1.54) is 71.0 Å². The van der Waals surface area contributed by atoms with Gasteiger partial charge in [-0.05, 0) is 64.8 Å². The number of rotatable bonds is 5. The standard InChI is InChI=1S/C18H36N2/c1-5-16-10-6-9-13-20(16)15-18(11-7-8-12-18)14-19-17(2,3)4/h16,19H,5-15H2,1-4H3. The Labute approximate surface area is 126 Å². The Morgan fingerprint density at radius 3 is 2.40 bits per heavy atom. The summed E-state index contributed by atoms with van der Waals surface area (Å²) in [7, 11) is 0. The predicted octanol–water partition coefficient (Wildman–Crippen LogP) is 4.20. The molecule has 2 nitrogen and oxygen atoms in total. The summed E-state index contributed by atoms with van der Waals surface area (Å²) in [4.78, 5) is 2.83. The van der Waals surface area contributed by atoms with Crippen LogP contribution in [0, 0.1) is 5.41 Å². The summed E-state index contributed by atoms with van der Waals surface area (Å²) in [5.74, 6) is 0. The largest absolute Gasteiger partial charge is 0.311 e. The van der Waals surface area contributed by atoms with E-state index < -0.39 is 0 Å². The van der Waals surface area contributed by atoms with Gasteiger partial charge in [0.05, 0.1) is 0 Å². The van der Waals surface area contributed by atoms with Crippen molar-refractivity contribution in [3.05, 3.63) is 0 Å². The smallest absolute Gasteiger partial charge is 0.00967 e. The molecule has 1 heterocycles. The first-order valence-corrected chi connectivity index (χ1v) is 8.93. The first kappa shape index (κ1) is 16.3. The number of nitrogens with one attached hydrogen (secondary N) is 1. The second kappa shape index (κ2) is 6.79. The highest BCUT2D eigenvalue weighted by molar-refractivity contribution is 4.93. The van der Waals surface area contributed by atoms with Crippen molar-refractivity contribution in [2.75, 3.05) is 19.6 Å². The summed E-state index contributed by atoms with van der Waals surface area (Å²) in [6, 6.07) is 0.857. The normalized spacial score (nSPS) is 27.9. The zero-order chi connectivity index (χ0) is 14.6. The third-order valence-electron chi connectivity index (χ3n) is 5.42. The van der Waals surface area contributed by atoms with E-state index >= 15 is 0 Å².